The number of nitrogens with one attached hydrogen (secondary N) is 1. The number of nitrogens with two attached hydrogens (primary N) is 1. The van der Waals surface area contributed by atoms with Crippen LogP contribution in [0.4, 0.5) is 0 Å². The maximum absolute atomic E-state index is 11.4. The molecule has 4 nitrogen and oxygen atoms in total. The number of nitrogens with zero attached hydrogens (tertiary/aromatic N) is 1. The van der Waals surface area contributed by atoms with Gasteiger partial charge in [0, 0.05) is 6.54 Å². The molecular weight excluding hydrogens is 210 g/mol. The third-order valence-corrected chi connectivity index (χ3v) is 2.70. The van der Waals surface area contributed by atoms with Gasteiger partial charge in [0.05, 0.1) is 6.04 Å². The lowest BCUT2D eigenvalue weighted by molar-refractivity contribution is -0.122. The second kappa shape index (κ2) is 9.00. The third kappa shape index (κ3) is 8.72. The normalized spacial score (nSPS) is 12.9. The molecule has 0 bridgehead atoms. The highest BCUT2D eigenvalue weighted by molar-refractivity contribution is 7.98. The highest BCUT2D eigenvalue weighted by Crippen LogP contribution is 1.98. The lowest BCUT2D eigenvalue weighted by atomic mass is 10.2. The van der Waals surface area contributed by atoms with Crippen LogP contribution in [0.15, 0.2) is 0 Å². The first kappa shape index (κ1) is 14.7. The second-order valence-electron chi connectivity index (χ2n) is 3.84. The number of carbonyl (C=O) groups excluding carboxylic acids is 1. The molecule has 1 amide bonds. The smallest absolute Gasteiger partial charge is 0.236 e. The minimum atomic E-state index is -0.350. The molecule has 0 aliphatic heterocycles. The standard InChI is InChI=1S/C10H23N3OS/c1-13(2)7-4-6-12-10(14)9(11)5-8-15-3/h9H,4-8,11H2,1-3H3,(H,12,14). The van der Waals surface area contributed by atoms with Crippen molar-refractivity contribution in [2.45, 2.75) is 18.9 Å². The SMILES string of the molecule is CSCCC(N)C(=O)NCCCN(C)C. The van der Waals surface area contributed by atoms with E-state index in [9.17, 15) is 4.79 Å². The first-order valence-corrected chi connectivity index (χ1v) is 6.64. The highest BCUT2D eigenvalue weighted by Gasteiger charge is 2.11. The van der Waals surface area contributed by atoms with Crippen LogP contribution in [0.1, 0.15) is 12.8 Å². The zero-order valence-corrected chi connectivity index (χ0v) is 10.8. The van der Waals surface area contributed by atoms with Gasteiger partial charge in [-0.1, -0.05) is 0 Å². The summed E-state index contributed by atoms with van der Waals surface area (Å²) in [6.07, 6.45) is 3.73. The van der Waals surface area contributed by atoms with Crippen molar-refractivity contribution in [2.75, 3.05) is 39.2 Å². The summed E-state index contributed by atoms with van der Waals surface area (Å²) in [4.78, 5) is 13.5. The Morgan fingerprint density at radius 3 is 2.73 bits per heavy atom. The molecule has 0 aliphatic carbocycles. The fourth-order valence-electron chi connectivity index (χ4n) is 1.11. The summed E-state index contributed by atoms with van der Waals surface area (Å²) >= 11 is 1.71. The molecule has 0 aromatic carbocycles. The molecule has 0 aromatic heterocycles. The fourth-order valence-corrected chi connectivity index (χ4v) is 1.60. The lowest BCUT2D eigenvalue weighted by Gasteiger charge is -2.13. The molecule has 0 aliphatic rings. The van der Waals surface area contributed by atoms with Crippen molar-refractivity contribution in [1.82, 2.24) is 10.2 Å². The summed E-state index contributed by atoms with van der Waals surface area (Å²) < 4.78 is 0. The number of hydrogen-bond donors (Lipinski definition) is 2. The number of rotatable bonds is 8. The summed E-state index contributed by atoms with van der Waals surface area (Å²) in [6.45, 7) is 1.70. The van der Waals surface area contributed by atoms with E-state index in [2.05, 4.69) is 10.2 Å². The predicted octanol–water partition coefficient (Wildman–Crippen LogP) is 0.135. The van der Waals surface area contributed by atoms with Crippen LogP contribution < -0.4 is 11.1 Å². The Morgan fingerprint density at radius 2 is 2.20 bits per heavy atom. The van der Waals surface area contributed by atoms with Crippen LogP contribution in [-0.2, 0) is 4.79 Å². The van der Waals surface area contributed by atoms with Gasteiger partial charge in [-0.05, 0) is 45.5 Å². The first-order valence-electron chi connectivity index (χ1n) is 5.25. The van der Waals surface area contributed by atoms with E-state index in [-0.39, 0.29) is 11.9 Å². The van der Waals surface area contributed by atoms with Crippen LogP contribution in [0.25, 0.3) is 0 Å². The molecule has 0 saturated heterocycles. The molecule has 0 heterocycles. The average Bonchev–Trinajstić information content (AvgIpc) is 2.20. The molecule has 15 heavy (non-hydrogen) atoms. The molecule has 0 saturated carbocycles. The zero-order chi connectivity index (χ0) is 11.7. The van der Waals surface area contributed by atoms with Crippen molar-refractivity contribution in [2.24, 2.45) is 5.73 Å². The molecule has 1 unspecified atom stereocenters. The Labute approximate surface area is 97.0 Å². The van der Waals surface area contributed by atoms with Gasteiger partial charge in [-0.25, -0.2) is 0 Å². The molecular formula is C10H23N3OS. The molecule has 3 N–H and O–H groups in total. The Hall–Kier alpha value is -0.260. The summed E-state index contributed by atoms with van der Waals surface area (Å²) in [6, 6.07) is -0.350. The van der Waals surface area contributed by atoms with E-state index < -0.39 is 0 Å². The van der Waals surface area contributed by atoms with E-state index in [1.807, 2.05) is 20.4 Å². The minimum absolute atomic E-state index is 0.0252. The van der Waals surface area contributed by atoms with E-state index >= 15 is 0 Å². The van der Waals surface area contributed by atoms with E-state index in [1.165, 1.54) is 0 Å². The van der Waals surface area contributed by atoms with E-state index in [1.54, 1.807) is 11.8 Å². The molecule has 0 spiro atoms. The summed E-state index contributed by atoms with van der Waals surface area (Å²) in [5.41, 5.74) is 5.71. The van der Waals surface area contributed by atoms with E-state index in [4.69, 9.17) is 5.73 Å². The van der Waals surface area contributed by atoms with Crippen LogP contribution in [0, 0.1) is 0 Å². The van der Waals surface area contributed by atoms with Gasteiger partial charge in [0.1, 0.15) is 0 Å². The average molecular weight is 233 g/mol. The van der Waals surface area contributed by atoms with Gasteiger partial charge >= 0.3 is 0 Å². The Morgan fingerprint density at radius 1 is 1.53 bits per heavy atom. The van der Waals surface area contributed by atoms with Crippen LogP contribution in [0.5, 0.6) is 0 Å². The van der Waals surface area contributed by atoms with Crippen LogP contribution in [0.3, 0.4) is 0 Å². The predicted molar refractivity (Wildman–Crippen MR) is 67.2 cm³/mol. The lowest BCUT2D eigenvalue weighted by Crippen LogP contribution is -2.41. The van der Waals surface area contributed by atoms with Crippen molar-refractivity contribution >= 4 is 17.7 Å². The Balaban J connectivity index is 3.47. The van der Waals surface area contributed by atoms with Gasteiger partial charge < -0.3 is 16.0 Å². The van der Waals surface area contributed by atoms with Gasteiger partial charge in [-0.15, -0.1) is 0 Å². The molecule has 1 atom stereocenters. The largest absolute Gasteiger partial charge is 0.355 e. The minimum Gasteiger partial charge on any atom is -0.355 e. The van der Waals surface area contributed by atoms with Gasteiger partial charge in [0.25, 0.3) is 0 Å². The highest BCUT2D eigenvalue weighted by atomic mass is 32.2. The van der Waals surface area contributed by atoms with Gasteiger partial charge in [0.2, 0.25) is 5.91 Å². The maximum Gasteiger partial charge on any atom is 0.236 e. The molecule has 0 rings (SSSR count). The molecule has 5 heteroatoms. The maximum atomic E-state index is 11.4. The van der Waals surface area contributed by atoms with Gasteiger partial charge in [-0.2, -0.15) is 11.8 Å². The third-order valence-electron chi connectivity index (χ3n) is 2.05. The van der Waals surface area contributed by atoms with Crippen LogP contribution in [-0.4, -0.2) is 56.0 Å². The van der Waals surface area contributed by atoms with Crippen molar-refractivity contribution in [1.29, 1.82) is 0 Å². The summed E-state index contributed by atoms with van der Waals surface area (Å²) in [5.74, 6) is 0.912. The molecule has 0 radical (unpaired) electrons. The molecule has 90 valence electrons. The van der Waals surface area contributed by atoms with Crippen molar-refractivity contribution in [3.63, 3.8) is 0 Å². The van der Waals surface area contributed by atoms with Crippen LogP contribution in [0.2, 0.25) is 0 Å². The number of thioether (sulfide) groups is 1. The van der Waals surface area contributed by atoms with Crippen molar-refractivity contribution < 1.29 is 4.79 Å². The topological polar surface area (TPSA) is 58.4 Å². The summed E-state index contributed by atoms with van der Waals surface area (Å²) in [7, 11) is 4.04. The Kier molecular flexibility index (Phi) is 8.85. The van der Waals surface area contributed by atoms with E-state index in [0.29, 0.717) is 6.54 Å². The van der Waals surface area contributed by atoms with Crippen LogP contribution >= 0.6 is 11.8 Å². The van der Waals surface area contributed by atoms with E-state index in [0.717, 1.165) is 25.1 Å². The van der Waals surface area contributed by atoms with Gasteiger partial charge in [0.15, 0.2) is 0 Å². The number of hydrogen-bond acceptors (Lipinski definition) is 4. The summed E-state index contributed by atoms with van der Waals surface area (Å²) in [5, 5.41) is 2.85. The quantitative estimate of drug-likeness (QED) is 0.585. The monoisotopic (exact) mass is 233 g/mol. The fraction of sp³-hybridized carbons (Fsp3) is 0.900. The first-order chi connectivity index (χ1) is 7.07. The zero-order valence-electron chi connectivity index (χ0n) is 9.95. The number of carbonyl (C=O) groups is 1. The van der Waals surface area contributed by atoms with Crippen molar-refractivity contribution in [3.05, 3.63) is 0 Å². The Bertz CT molecular complexity index is 176. The number of amides is 1. The molecule has 0 aromatic rings. The van der Waals surface area contributed by atoms with Gasteiger partial charge in [-0.3, -0.25) is 4.79 Å². The molecule has 0 fully saturated rings. The van der Waals surface area contributed by atoms with Crippen molar-refractivity contribution in [3.8, 4) is 0 Å². The second-order valence-corrected chi connectivity index (χ2v) is 4.82.